The Balaban J connectivity index is 1.93. The van der Waals surface area contributed by atoms with Crippen LogP contribution in [-0.4, -0.2) is 37.6 Å². The molecular weight excluding hydrogens is 322 g/mol. The molecule has 0 aliphatic heterocycles. The molecule has 0 spiro atoms. The summed E-state index contributed by atoms with van der Waals surface area (Å²) in [5.74, 6) is 0. The molecule has 1 aliphatic rings. The van der Waals surface area contributed by atoms with Crippen LogP contribution in [0.5, 0.6) is 0 Å². The van der Waals surface area contributed by atoms with Gasteiger partial charge in [-0.3, -0.25) is 4.72 Å². The van der Waals surface area contributed by atoms with Crippen molar-refractivity contribution in [2.75, 3.05) is 18.8 Å². The van der Waals surface area contributed by atoms with Crippen LogP contribution in [0.15, 0.2) is 30.3 Å². The summed E-state index contributed by atoms with van der Waals surface area (Å²) < 4.78 is 28.2. The first-order chi connectivity index (χ1) is 11.5. The molecule has 0 unspecified atom stereocenters. The van der Waals surface area contributed by atoms with E-state index in [2.05, 4.69) is 9.71 Å². The van der Waals surface area contributed by atoms with Crippen LogP contribution in [-0.2, 0) is 16.6 Å². The Labute approximate surface area is 144 Å². The Kier molecular flexibility index (Phi) is 5.06. The number of pyridine rings is 1. The van der Waals surface area contributed by atoms with E-state index in [1.54, 1.807) is 6.07 Å². The first-order valence-corrected chi connectivity index (χ1v) is 10.1. The third-order valence-corrected chi connectivity index (χ3v) is 6.35. The van der Waals surface area contributed by atoms with Crippen molar-refractivity contribution in [3.63, 3.8) is 0 Å². The summed E-state index contributed by atoms with van der Waals surface area (Å²) in [6.45, 7) is 0.722. The second kappa shape index (κ2) is 7.07. The van der Waals surface area contributed by atoms with Crippen molar-refractivity contribution < 1.29 is 8.42 Å². The topological polar surface area (TPSA) is 62.3 Å². The molecule has 1 fully saturated rings. The fraction of sp³-hybridized carbons (Fsp3) is 0.500. The maximum absolute atomic E-state index is 12.7. The Bertz CT molecular complexity index is 812. The minimum Gasteiger partial charge on any atom is -0.304 e. The summed E-state index contributed by atoms with van der Waals surface area (Å²) >= 11 is 0. The van der Waals surface area contributed by atoms with E-state index in [1.165, 1.54) is 0 Å². The first-order valence-electron chi connectivity index (χ1n) is 8.51. The summed E-state index contributed by atoms with van der Waals surface area (Å²) in [5.41, 5.74) is 2.23. The van der Waals surface area contributed by atoms with Gasteiger partial charge in [0.15, 0.2) is 0 Å². The van der Waals surface area contributed by atoms with Crippen LogP contribution < -0.4 is 4.72 Å². The van der Waals surface area contributed by atoms with Crippen LogP contribution in [0.2, 0.25) is 0 Å². The number of rotatable bonds is 5. The molecule has 1 N–H and O–H groups in total. The molecule has 1 aliphatic carbocycles. The standard InChI is InChI=1S/C18H25N3O2S/c1-21(2)13-15-12-11-14-7-6-10-17(18(14)19-15)20-24(22,23)16-8-4-3-5-9-16/h6-7,10-12,16,20H,3-5,8-9,13H2,1-2H3. The van der Waals surface area contributed by atoms with E-state index in [0.717, 1.165) is 55.2 Å². The molecular formula is C18H25N3O2S. The van der Waals surface area contributed by atoms with E-state index < -0.39 is 10.0 Å². The molecule has 24 heavy (non-hydrogen) atoms. The van der Waals surface area contributed by atoms with Gasteiger partial charge in [-0.25, -0.2) is 13.4 Å². The van der Waals surface area contributed by atoms with E-state index in [0.29, 0.717) is 5.69 Å². The molecule has 6 heteroatoms. The second-order valence-electron chi connectivity index (χ2n) is 6.82. The Morgan fingerprint density at radius 3 is 2.58 bits per heavy atom. The van der Waals surface area contributed by atoms with Gasteiger partial charge in [0.1, 0.15) is 0 Å². The average Bonchev–Trinajstić information content (AvgIpc) is 2.55. The third-order valence-electron chi connectivity index (χ3n) is 4.50. The number of sulfonamides is 1. The molecule has 0 saturated heterocycles. The van der Waals surface area contributed by atoms with Crippen LogP contribution in [0.3, 0.4) is 0 Å². The molecule has 1 aromatic heterocycles. The average molecular weight is 347 g/mol. The van der Waals surface area contributed by atoms with E-state index in [9.17, 15) is 8.42 Å². The van der Waals surface area contributed by atoms with Crippen molar-refractivity contribution in [2.24, 2.45) is 0 Å². The zero-order valence-corrected chi connectivity index (χ0v) is 15.1. The second-order valence-corrected chi connectivity index (χ2v) is 8.79. The third kappa shape index (κ3) is 3.87. The van der Waals surface area contributed by atoms with Gasteiger partial charge in [0.05, 0.1) is 22.1 Å². The summed E-state index contributed by atoms with van der Waals surface area (Å²) in [7, 11) is 0.615. The van der Waals surface area contributed by atoms with Crippen molar-refractivity contribution in [3.05, 3.63) is 36.0 Å². The van der Waals surface area contributed by atoms with Crippen LogP contribution in [0.4, 0.5) is 5.69 Å². The van der Waals surface area contributed by atoms with Gasteiger partial charge in [-0.2, -0.15) is 0 Å². The lowest BCUT2D eigenvalue weighted by Gasteiger charge is -2.22. The monoisotopic (exact) mass is 347 g/mol. The van der Waals surface area contributed by atoms with Crippen molar-refractivity contribution in [2.45, 2.75) is 43.9 Å². The quantitative estimate of drug-likeness (QED) is 0.901. The minimum absolute atomic E-state index is 0.286. The zero-order chi connectivity index (χ0) is 17.2. The molecule has 0 amide bonds. The normalized spacial score (nSPS) is 16.6. The lowest BCUT2D eigenvalue weighted by Crippen LogP contribution is -2.29. The maximum Gasteiger partial charge on any atom is 0.235 e. The van der Waals surface area contributed by atoms with Crippen LogP contribution in [0, 0.1) is 0 Å². The van der Waals surface area contributed by atoms with Gasteiger partial charge < -0.3 is 4.90 Å². The van der Waals surface area contributed by atoms with Gasteiger partial charge in [0.25, 0.3) is 0 Å². The number of para-hydroxylation sites is 1. The SMILES string of the molecule is CN(C)Cc1ccc2cccc(NS(=O)(=O)C3CCCCC3)c2n1. The molecule has 0 bridgehead atoms. The van der Waals surface area contributed by atoms with Crippen molar-refractivity contribution in [1.82, 2.24) is 9.88 Å². The van der Waals surface area contributed by atoms with Gasteiger partial charge >= 0.3 is 0 Å². The molecule has 1 saturated carbocycles. The molecule has 1 aromatic carbocycles. The summed E-state index contributed by atoms with van der Waals surface area (Å²) in [6, 6.07) is 9.62. The van der Waals surface area contributed by atoms with Crippen molar-refractivity contribution >= 4 is 26.6 Å². The number of hydrogen-bond donors (Lipinski definition) is 1. The fourth-order valence-electron chi connectivity index (χ4n) is 3.29. The zero-order valence-electron chi connectivity index (χ0n) is 14.3. The van der Waals surface area contributed by atoms with Gasteiger partial charge in [0, 0.05) is 11.9 Å². The predicted molar refractivity (Wildman–Crippen MR) is 98.5 cm³/mol. The highest BCUT2D eigenvalue weighted by atomic mass is 32.2. The van der Waals surface area contributed by atoms with Gasteiger partial charge in [0.2, 0.25) is 10.0 Å². The predicted octanol–water partition coefficient (Wildman–Crippen LogP) is 3.37. The number of benzene rings is 1. The van der Waals surface area contributed by atoms with Gasteiger partial charge in [-0.1, -0.05) is 37.5 Å². The summed E-state index contributed by atoms with van der Waals surface area (Å²) in [5, 5.41) is 0.660. The Morgan fingerprint density at radius 1 is 1.12 bits per heavy atom. The van der Waals surface area contributed by atoms with Crippen LogP contribution >= 0.6 is 0 Å². The number of hydrogen-bond acceptors (Lipinski definition) is 4. The number of anilines is 1. The van der Waals surface area contributed by atoms with Gasteiger partial charge in [-0.05, 0) is 39.1 Å². The van der Waals surface area contributed by atoms with E-state index >= 15 is 0 Å². The van der Waals surface area contributed by atoms with Crippen LogP contribution in [0.1, 0.15) is 37.8 Å². The molecule has 5 nitrogen and oxygen atoms in total. The molecule has 0 radical (unpaired) electrons. The molecule has 1 heterocycles. The van der Waals surface area contributed by atoms with Gasteiger partial charge in [-0.15, -0.1) is 0 Å². The summed E-state index contributed by atoms with van der Waals surface area (Å²) in [4.78, 5) is 6.72. The fourth-order valence-corrected chi connectivity index (χ4v) is 4.89. The number of nitrogens with one attached hydrogen (secondary N) is 1. The Hall–Kier alpha value is -1.66. The Morgan fingerprint density at radius 2 is 1.88 bits per heavy atom. The van der Waals surface area contributed by atoms with E-state index in [-0.39, 0.29) is 5.25 Å². The highest BCUT2D eigenvalue weighted by Gasteiger charge is 2.27. The molecule has 130 valence electrons. The lowest BCUT2D eigenvalue weighted by molar-refractivity contribution is 0.397. The van der Waals surface area contributed by atoms with E-state index in [4.69, 9.17) is 0 Å². The van der Waals surface area contributed by atoms with Crippen molar-refractivity contribution in [3.8, 4) is 0 Å². The van der Waals surface area contributed by atoms with Crippen LogP contribution in [0.25, 0.3) is 10.9 Å². The summed E-state index contributed by atoms with van der Waals surface area (Å²) in [6.07, 6.45) is 4.62. The highest BCUT2D eigenvalue weighted by molar-refractivity contribution is 7.93. The highest BCUT2D eigenvalue weighted by Crippen LogP contribution is 2.28. The number of nitrogens with zero attached hydrogens (tertiary/aromatic N) is 2. The maximum atomic E-state index is 12.7. The number of aromatic nitrogens is 1. The minimum atomic E-state index is -3.36. The lowest BCUT2D eigenvalue weighted by atomic mass is 10.0. The molecule has 3 rings (SSSR count). The number of fused-ring (bicyclic) bond motifs is 1. The smallest absolute Gasteiger partial charge is 0.235 e. The largest absolute Gasteiger partial charge is 0.304 e. The first kappa shape index (κ1) is 17.2. The molecule has 0 atom stereocenters. The van der Waals surface area contributed by atoms with Crippen molar-refractivity contribution in [1.29, 1.82) is 0 Å². The van der Waals surface area contributed by atoms with E-state index in [1.807, 2.05) is 43.3 Å². The molecule has 2 aromatic rings.